The molecule has 10 amide bonds. The van der Waals surface area contributed by atoms with E-state index in [1.165, 1.54) is 20.8 Å². The number of guanidine groups is 1. The SMILES string of the molecule is C[C@H](NC(=O)[C@@H](NC(=O)[C@@H](NC(=O)[C@H](NCC=O)NC(=O)[C@H](C)NC(=O)[C@H](C)NC(=O)[C@@H](C)N[C@@H](C)C=O)N[C@@H](C=O)CC(=O)O)N[C@@H](C=O)CC(=O)O)C(=O)N[C@@H](N[C@@H](C=O)CC(N)=O)C(=O)N[C@@H](N[C@@H](C=O)CCCN=C(N)N)C(N)=O. The summed E-state index contributed by atoms with van der Waals surface area (Å²) < 4.78 is 0. The van der Waals surface area contributed by atoms with Gasteiger partial charge in [-0.25, -0.2) is 0 Å². The van der Waals surface area contributed by atoms with E-state index in [0.717, 1.165) is 13.8 Å². The number of aldehydes is 6. The average Bonchev–Trinajstić information content (AvgIpc) is 3.61. The lowest BCUT2D eigenvalue weighted by molar-refractivity contribution is -0.140. The molecule has 0 saturated carbocycles. The third-order valence-electron chi connectivity index (χ3n) is 10.9. The quantitative estimate of drug-likeness (QED) is 0.00885. The minimum atomic E-state index is -2.37. The van der Waals surface area contributed by atoms with Crippen molar-refractivity contribution in [1.29, 1.82) is 0 Å². The van der Waals surface area contributed by atoms with Crippen molar-refractivity contribution in [2.24, 2.45) is 27.9 Å². The van der Waals surface area contributed by atoms with Gasteiger partial charge >= 0.3 is 11.9 Å². The summed E-state index contributed by atoms with van der Waals surface area (Å²) >= 11 is 0. The molecule has 0 aromatic carbocycles. The molecular weight excluding hydrogens is 1130 g/mol. The van der Waals surface area contributed by atoms with Gasteiger partial charge in [0.2, 0.25) is 29.5 Å². The highest BCUT2D eigenvalue weighted by Gasteiger charge is 2.36. The van der Waals surface area contributed by atoms with E-state index in [-0.39, 0.29) is 50.5 Å². The molecule has 0 radical (unpaired) electrons. The number of aliphatic imine (C=N–C) groups is 1. The van der Waals surface area contributed by atoms with Crippen molar-refractivity contribution in [3.05, 3.63) is 0 Å². The Morgan fingerprint density at radius 2 is 0.762 bits per heavy atom. The monoisotopic (exact) mass is 1200 g/mol. The number of carboxylic acid groups (broad SMARTS) is 2. The van der Waals surface area contributed by atoms with Crippen LogP contribution in [0, 0.1) is 0 Å². The van der Waals surface area contributed by atoms with Crippen molar-refractivity contribution in [1.82, 2.24) is 74.4 Å². The summed E-state index contributed by atoms with van der Waals surface area (Å²) in [6.07, 6.45) is -12.5. The summed E-state index contributed by atoms with van der Waals surface area (Å²) in [5.74, 6) is -16.1. The number of carboxylic acids is 2. The number of aliphatic carboxylic acids is 2. The van der Waals surface area contributed by atoms with Crippen molar-refractivity contribution in [3.8, 4) is 0 Å². The summed E-state index contributed by atoms with van der Waals surface area (Å²) in [4.78, 5) is 230. The molecule has 468 valence electrons. The molecule has 0 spiro atoms. The highest BCUT2D eigenvalue weighted by atomic mass is 16.4. The van der Waals surface area contributed by atoms with Gasteiger partial charge in [0.15, 0.2) is 36.8 Å². The second kappa shape index (κ2) is 39.2. The van der Waals surface area contributed by atoms with E-state index in [1.54, 1.807) is 0 Å². The molecule has 0 aliphatic heterocycles. The minimum absolute atomic E-state index is 0.0172. The zero-order valence-corrected chi connectivity index (χ0v) is 46.0. The van der Waals surface area contributed by atoms with Gasteiger partial charge < -0.3 is 104 Å². The van der Waals surface area contributed by atoms with Gasteiger partial charge in [-0.05, 0) is 47.5 Å². The first-order chi connectivity index (χ1) is 39.4. The number of nitrogens with two attached hydrogens (primary N) is 4. The molecule has 0 heterocycles. The lowest BCUT2D eigenvalue weighted by Gasteiger charge is -2.29. The molecule has 0 aromatic heterocycles. The largest absolute Gasteiger partial charge is 0.481 e. The second-order valence-electron chi connectivity index (χ2n) is 18.1. The standard InChI is InChI=1S/C45H73N19O20/c1-19(14-66)52-20(2)37(77)53-21(3)38(78)54-22(4)39(79)61-33(50-9-10-65)41(81)63-36(59-27(18-70)13-30(74)75)44(84)64-34(58-26(17-69)12-29(72)73)42(82)55-23(5)40(80)62-35(57-25(16-68)11-28(46)71)43(83)60-32(31(47)76)56-24(15-67)7-6-8-51-45(48)49/h10,14-27,32-36,50,52,56-59H,6-9,11-13H2,1-5H3,(H2,46,71)(H2,47,76)(H,53,77)(H,54,78)(H,55,82)(H,60,83)(H,61,79)(H,62,80)(H,63,81)(H,64,84)(H,72,73)(H,74,75)(H4,48,49,51)/t19-,20+,21-,22-,23-,24+,25+,26+,27+,32+,33+,34+,35+,36+/m0/s1. The predicted molar refractivity (Wildman–Crippen MR) is 284 cm³/mol. The third-order valence-corrected chi connectivity index (χ3v) is 10.9. The maximum atomic E-state index is 14.1. The number of rotatable bonds is 45. The van der Waals surface area contributed by atoms with Crippen LogP contribution in [0.15, 0.2) is 4.99 Å². The normalized spacial score (nSPS) is 15.8. The van der Waals surface area contributed by atoms with Crippen LogP contribution in [0.4, 0.5) is 0 Å². The van der Waals surface area contributed by atoms with Crippen LogP contribution in [0.1, 0.15) is 66.7 Å². The van der Waals surface area contributed by atoms with E-state index in [1.807, 2.05) is 10.6 Å². The summed E-state index contributed by atoms with van der Waals surface area (Å²) in [7, 11) is 0. The molecule has 0 bridgehead atoms. The van der Waals surface area contributed by atoms with E-state index in [2.05, 4.69) is 68.8 Å². The summed E-state index contributed by atoms with van der Waals surface area (Å²) in [6.45, 7) is 5.54. The molecule has 14 atom stereocenters. The number of nitrogens with one attached hydrogen (secondary N) is 14. The van der Waals surface area contributed by atoms with E-state index in [0.29, 0.717) is 12.6 Å². The number of carbonyl (C=O) groups excluding carboxylic acids is 16. The van der Waals surface area contributed by atoms with Crippen LogP contribution in [0.5, 0.6) is 0 Å². The van der Waals surface area contributed by atoms with E-state index >= 15 is 0 Å². The molecule has 0 unspecified atom stereocenters. The Kier molecular flexibility index (Phi) is 34.8. The van der Waals surface area contributed by atoms with Crippen LogP contribution in [0.3, 0.4) is 0 Å². The molecule has 0 fully saturated rings. The summed E-state index contributed by atoms with van der Waals surface area (Å²) in [5, 5.41) is 50.0. The van der Waals surface area contributed by atoms with E-state index in [4.69, 9.17) is 22.9 Å². The molecule has 0 aliphatic carbocycles. The minimum Gasteiger partial charge on any atom is -0.481 e. The molecule has 0 rings (SSSR count). The van der Waals surface area contributed by atoms with Gasteiger partial charge in [0.25, 0.3) is 29.5 Å². The maximum absolute atomic E-state index is 14.1. The lowest BCUT2D eigenvalue weighted by Crippen LogP contribution is -2.68. The van der Waals surface area contributed by atoms with Gasteiger partial charge in [-0.3, -0.25) is 94.4 Å². The number of amides is 10. The molecule has 39 heteroatoms. The lowest BCUT2D eigenvalue weighted by atomic mass is 10.1. The topological polar surface area (TPSA) is 633 Å². The fourth-order valence-corrected chi connectivity index (χ4v) is 6.61. The van der Waals surface area contributed by atoms with Crippen LogP contribution in [0.2, 0.25) is 0 Å². The third kappa shape index (κ3) is 29.9. The smallest absolute Gasteiger partial charge is 0.305 e. The first-order valence-corrected chi connectivity index (χ1v) is 25.1. The van der Waals surface area contributed by atoms with Gasteiger partial charge in [0, 0.05) is 13.0 Å². The Morgan fingerprint density at radius 3 is 1.14 bits per heavy atom. The predicted octanol–water partition coefficient (Wildman–Crippen LogP) is -12.9. The molecule has 84 heavy (non-hydrogen) atoms. The molecule has 0 aromatic rings. The Hall–Kier alpha value is -9.31. The summed E-state index contributed by atoms with van der Waals surface area (Å²) in [6, 6.07) is -12.9. The zero-order valence-electron chi connectivity index (χ0n) is 46.0. The van der Waals surface area contributed by atoms with E-state index in [9.17, 15) is 96.5 Å². The van der Waals surface area contributed by atoms with Gasteiger partial charge in [0.1, 0.15) is 55.8 Å². The first-order valence-electron chi connectivity index (χ1n) is 25.1. The van der Waals surface area contributed by atoms with Gasteiger partial charge in [-0.15, -0.1) is 0 Å². The van der Waals surface area contributed by atoms with Crippen LogP contribution in [-0.2, 0) is 86.3 Å². The van der Waals surface area contributed by atoms with Crippen LogP contribution in [-0.4, -0.2) is 223 Å². The number of nitrogens with zero attached hydrogens (tertiary/aromatic N) is 1. The maximum Gasteiger partial charge on any atom is 0.305 e. The average molecular weight is 1200 g/mol. The summed E-state index contributed by atoms with van der Waals surface area (Å²) in [5.41, 5.74) is 21.2. The molecule has 0 saturated heterocycles. The molecule has 0 aliphatic rings. The molecular formula is C45H73N19O20. The second-order valence-corrected chi connectivity index (χ2v) is 18.1. The Labute approximate surface area is 477 Å². The zero-order chi connectivity index (χ0) is 64.4. The Balaban J connectivity index is 7.02. The number of hydrogen-bond acceptors (Lipinski definition) is 25. The van der Waals surface area contributed by atoms with Crippen molar-refractivity contribution in [3.63, 3.8) is 0 Å². The number of primary amides is 2. The number of hydrogen-bond donors (Lipinski definition) is 20. The van der Waals surface area contributed by atoms with Crippen LogP contribution >= 0.6 is 0 Å². The first kappa shape index (κ1) is 74.7. The van der Waals surface area contributed by atoms with Crippen LogP contribution in [0.25, 0.3) is 0 Å². The van der Waals surface area contributed by atoms with Crippen molar-refractivity contribution in [2.45, 2.75) is 152 Å². The fourth-order valence-electron chi connectivity index (χ4n) is 6.61. The molecule has 39 nitrogen and oxygen atoms in total. The van der Waals surface area contributed by atoms with Gasteiger partial charge in [-0.1, -0.05) is 0 Å². The molecule has 24 N–H and O–H groups in total. The number of carbonyl (C=O) groups is 18. The fraction of sp³-hybridized carbons (Fsp3) is 0.578. The highest BCUT2D eigenvalue weighted by Crippen LogP contribution is 2.02. The van der Waals surface area contributed by atoms with Crippen molar-refractivity contribution in [2.75, 3.05) is 13.1 Å². The van der Waals surface area contributed by atoms with Gasteiger partial charge in [-0.2, -0.15) is 0 Å². The van der Waals surface area contributed by atoms with Crippen LogP contribution < -0.4 is 97.4 Å². The Bertz CT molecular complexity index is 2410. The Morgan fingerprint density at radius 1 is 0.417 bits per heavy atom. The van der Waals surface area contributed by atoms with E-state index < -0.39 is 182 Å². The van der Waals surface area contributed by atoms with Gasteiger partial charge in [0.05, 0.1) is 55.6 Å². The van der Waals surface area contributed by atoms with Crippen molar-refractivity contribution < 1.29 is 96.5 Å². The van der Waals surface area contributed by atoms with Crippen molar-refractivity contribution >= 4 is 115 Å². The highest BCUT2D eigenvalue weighted by molar-refractivity contribution is 5.98.